The molecule has 2 aromatic heterocycles. The molecule has 0 radical (unpaired) electrons. The van der Waals surface area contributed by atoms with Gasteiger partial charge in [0.05, 0.1) is 13.2 Å². The molecule has 38 heavy (non-hydrogen) atoms. The van der Waals surface area contributed by atoms with Gasteiger partial charge in [-0.15, -0.1) is 0 Å². The lowest BCUT2D eigenvalue weighted by atomic mass is 10.1. The molecule has 0 bridgehead atoms. The zero-order valence-corrected chi connectivity index (χ0v) is 22.5. The largest absolute Gasteiger partial charge is 0.462 e. The van der Waals surface area contributed by atoms with Crippen LogP contribution >= 0.6 is 0 Å². The quantitative estimate of drug-likeness (QED) is 0.0636. The Kier molecular flexibility index (Phi) is 12.6. The maximum Gasteiger partial charge on any atom is 0.445 e. The number of aliphatic imine (C=N–C) groups is 1. The first-order valence-electron chi connectivity index (χ1n) is 13.7. The fraction of sp³-hybridized carbons (Fsp3) is 0.536. The number of carbonyl (C=O) groups excluding carboxylic acids is 1. The summed E-state index contributed by atoms with van der Waals surface area (Å²) in [6.45, 7) is 4.78. The van der Waals surface area contributed by atoms with Crippen LogP contribution in [0.3, 0.4) is 0 Å². The predicted octanol–water partition coefficient (Wildman–Crippen LogP) is 6.08. The molecule has 0 aliphatic heterocycles. The van der Waals surface area contributed by atoms with E-state index in [1.807, 2.05) is 18.2 Å². The number of benzene rings is 1. The van der Waals surface area contributed by atoms with Gasteiger partial charge in [-0.2, -0.15) is 5.16 Å². The molecule has 0 saturated heterocycles. The van der Waals surface area contributed by atoms with Crippen molar-refractivity contribution in [2.24, 2.45) is 4.99 Å². The van der Waals surface area contributed by atoms with Gasteiger partial charge in [-0.3, -0.25) is 4.84 Å². The Bertz CT molecular complexity index is 1180. The second-order valence-electron chi connectivity index (χ2n) is 9.08. The molecule has 0 spiro atoms. The first kappa shape index (κ1) is 29.2. The van der Waals surface area contributed by atoms with Crippen LogP contribution in [0.2, 0.25) is 0 Å². The van der Waals surface area contributed by atoms with Gasteiger partial charge in [0.15, 0.2) is 17.9 Å². The van der Waals surface area contributed by atoms with Gasteiger partial charge in [0.25, 0.3) is 0 Å². The van der Waals surface area contributed by atoms with Crippen molar-refractivity contribution in [2.45, 2.75) is 84.7 Å². The van der Waals surface area contributed by atoms with Crippen molar-refractivity contribution in [2.75, 3.05) is 13.2 Å². The summed E-state index contributed by atoms with van der Waals surface area (Å²) in [4.78, 5) is 35.2. The van der Waals surface area contributed by atoms with E-state index in [0.717, 1.165) is 17.2 Å². The number of unbranched alkanes of at least 4 members (excludes halogenated alkanes) is 9. The summed E-state index contributed by atoms with van der Waals surface area (Å²) >= 11 is 0. The van der Waals surface area contributed by atoms with E-state index in [9.17, 15) is 9.59 Å². The Morgan fingerprint density at radius 1 is 1.03 bits per heavy atom. The molecule has 3 rings (SSSR count). The van der Waals surface area contributed by atoms with E-state index >= 15 is 0 Å². The summed E-state index contributed by atoms with van der Waals surface area (Å²) in [5.41, 5.74) is 3.62. The Hall–Kier alpha value is -3.37. The Morgan fingerprint density at radius 2 is 1.71 bits per heavy atom. The highest BCUT2D eigenvalue weighted by molar-refractivity contribution is 6.00. The number of hydrogen-bond acceptors (Lipinski definition) is 8. The zero-order chi connectivity index (χ0) is 27.0. The lowest BCUT2D eigenvalue weighted by Crippen LogP contribution is -2.17. The van der Waals surface area contributed by atoms with E-state index in [2.05, 4.69) is 22.6 Å². The van der Waals surface area contributed by atoms with Gasteiger partial charge in [0.2, 0.25) is 0 Å². The average molecular weight is 529 g/mol. The van der Waals surface area contributed by atoms with Crippen LogP contribution in [0.4, 0.5) is 5.82 Å². The van der Waals surface area contributed by atoms with Gasteiger partial charge >= 0.3 is 11.7 Å². The maximum absolute atomic E-state index is 12.8. The molecule has 10 heteroatoms. The van der Waals surface area contributed by atoms with Gasteiger partial charge in [0.1, 0.15) is 11.3 Å². The van der Waals surface area contributed by atoms with Gasteiger partial charge in [-0.05, 0) is 25.5 Å². The number of hydrogen-bond donors (Lipinski definition) is 2. The highest BCUT2D eigenvalue weighted by Gasteiger charge is 2.28. The molecule has 0 amide bonds. The number of aromatic amines is 1. The Morgan fingerprint density at radius 3 is 2.39 bits per heavy atom. The number of nitrogens with zero attached hydrogens (tertiary/aromatic N) is 2. The second-order valence-corrected chi connectivity index (χ2v) is 9.08. The normalized spacial score (nSPS) is 11.5. The highest BCUT2D eigenvalue weighted by Crippen LogP contribution is 2.29. The number of ether oxygens (including phenoxy) is 2. The third kappa shape index (κ3) is 8.59. The molecule has 0 saturated carbocycles. The molecule has 0 aliphatic rings. The SMILES string of the molecule is CCCCCCCCCCCCNOCc1c(C(=O)OCC)c2[nH]oc(=O)n2c1/N=C/Oc1ccccc1. The Labute approximate surface area is 223 Å². The van der Waals surface area contributed by atoms with E-state index in [1.165, 1.54) is 57.8 Å². The molecule has 2 N–H and O–H groups in total. The van der Waals surface area contributed by atoms with Crippen molar-refractivity contribution in [1.29, 1.82) is 0 Å². The molecule has 0 fully saturated rings. The van der Waals surface area contributed by atoms with Crippen LogP contribution in [-0.2, 0) is 16.2 Å². The summed E-state index contributed by atoms with van der Waals surface area (Å²) in [5.74, 6) is -0.593. The molecular weight excluding hydrogens is 488 g/mol. The smallest absolute Gasteiger partial charge is 0.445 e. The number of esters is 1. The van der Waals surface area contributed by atoms with E-state index in [4.69, 9.17) is 18.8 Å². The van der Waals surface area contributed by atoms with E-state index in [1.54, 1.807) is 19.1 Å². The Balaban J connectivity index is 1.57. The first-order valence-corrected chi connectivity index (χ1v) is 13.7. The summed E-state index contributed by atoms with van der Waals surface area (Å²) in [6.07, 6.45) is 13.7. The molecule has 10 nitrogen and oxygen atoms in total. The van der Waals surface area contributed by atoms with Crippen LogP contribution in [0.1, 0.15) is 94.0 Å². The van der Waals surface area contributed by atoms with Gasteiger partial charge in [0, 0.05) is 12.1 Å². The minimum Gasteiger partial charge on any atom is -0.462 e. The molecule has 0 unspecified atom stereocenters. The number of hydroxylamine groups is 1. The summed E-state index contributed by atoms with van der Waals surface area (Å²) in [6, 6.07) is 9.08. The van der Waals surface area contributed by atoms with E-state index in [0.29, 0.717) is 17.9 Å². The van der Waals surface area contributed by atoms with E-state index < -0.39 is 11.7 Å². The summed E-state index contributed by atoms with van der Waals surface area (Å²) in [7, 11) is 0. The third-order valence-corrected chi connectivity index (χ3v) is 6.20. The van der Waals surface area contributed by atoms with Crippen LogP contribution in [0.15, 0.2) is 44.6 Å². The number of para-hydroxylation sites is 1. The summed E-state index contributed by atoms with van der Waals surface area (Å²) < 4.78 is 16.8. The average Bonchev–Trinajstić information content (AvgIpc) is 3.44. The van der Waals surface area contributed by atoms with Crippen molar-refractivity contribution in [3.8, 4) is 5.75 Å². The van der Waals surface area contributed by atoms with Crippen LogP contribution in [0.25, 0.3) is 5.65 Å². The van der Waals surface area contributed by atoms with Gasteiger partial charge < -0.3 is 14.0 Å². The molecule has 1 aromatic carbocycles. The number of nitrogens with one attached hydrogen (secondary N) is 2. The topological polar surface area (TPSA) is 120 Å². The summed E-state index contributed by atoms with van der Waals surface area (Å²) in [5, 5.41) is 2.50. The van der Waals surface area contributed by atoms with E-state index in [-0.39, 0.29) is 30.2 Å². The minimum atomic E-state index is -0.720. The molecule has 0 atom stereocenters. The number of H-pyrrole nitrogens is 1. The van der Waals surface area contributed by atoms with Crippen LogP contribution < -0.4 is 16.0 Å². The first-order chi connectivity index (χ1) is 18.7. The standard InChI is InChI=1S/C28H40N4O6/c1-3-5-6-7-8-9-10-11-12-16-19-30-37-20-23-24(27(33)35-4-2)26-31-38-28(34)32(26)25(23)29-21-36-22-17-14-13-15-18-22/h13-15,17-18,21,30-31H,3-12,16,19-20H2,1-2H3/b29-21+. The lowest BCUT2D eigenvalue weighted by Gasteiger charge is -2.08. The van der Waals surface area contributed by atoms with Crippen molar-refractivity contribution in [1.82, 2.24) is 15.0 Å². The third-order valence-electron chi connectivity index (χ3n) is 6.20. The maximum atomic E-state index is 12.8. The zero-order valence-electron chi connectivity index (χ0n) is 22.5. The second kappa shape index (κ2) is 16.5. The van der Waals surface area contributed by atoms with Crippen molar-refractivity contribution in [3.05, 3.63) is 52.0 Å². The van der Waals surface area contributed by atoms with Gasteiger partial charge in [-0.25, -0.2) is 24.5 Å². The van der Waals surface area contributed by atoms with Crippen molar-refractivity contribution >= 4 is 23.8 Å². The van der Waals surface area contributed by atoms with Crippen LogP contribution in [-0.4, -0.2) is 35.1 Å². The van der Waals surface area contributed by atoms with Crippen LogP contribution in [0, 0.1) is 0 Å². The number of fused-ring (bicyclic) bond motifs is 1. The molecule has 2 heterocycles. The van der Waals surface area contributed by atoms with Crippen LogP contribution in [0.5, 0.6) is 5.75 Å². The number of rotatable bonds is 19. The van der Waals surface area contributed by atoms with Gasteiger partial charge in [-0.1, -0.05) is 82.9 Å². The minimum absolute atomic E-state index is 0.0150. The number of aromatic nitrogens is 2. The predicted molar refractivity (Wildman–Crippen MR) is 146 cm³/mol. The lowest BCUT2D eigenvalue weighted by molar-refractivity contribution is 0.0260. The fourth-order valence-corrected chi connectivity index (χ4v) is 4.23. The molecule has 208 valence electrons. The highest BCUT2D eigenvalue weighted by atomic mass is 16.6. The fourth-order valence-electron chi connectivity index (χ4n) is 4.23. The molecular formula is C28H40N4O6. The molecule has 3 aromatic rings. The van der Waals surface area contributed by atoms with Crippen molar-refractivity contribution < 1.29 is 23.6 Å². The monoisotopic (exact) mass is 528 g/mol. The van der Waals surface area contributed by atoms with Crippen molar-refractivity contribution in [3.63, 3.8) is 0 Å². The number of carbonyl (C=O) groups is 1. The molecule has 0 aliphatic carbocycles.